The molecule has 2 rings (SSSR count). The molecular formula is C23H32N4O4. The van der Waals surface area contributed by atoms with Crippen molar-refractivity contribution in [3.05, 3.63) is 35.4 Å². The van der Waals surface area contributed by atoms with Gasteiger partial charge < -0.3 is 15.4 Å². The third kappa shape index (κ3) is 7.28. The molecule has 1 aromatic carbocycles. The van der Waals surface area contributed by atoms with Gasteiger partial charge in [0.2, 0.25) is 11.8 Å². The summed E-state index contributed by atoms with van der Waals surface area (Å²) in [6.07, 6.45) is 0.798. The van der Waals surface area contributed by atoms with Gasteiger partial charge in [0, 0.05) is 13.1 Å². The highest BCUT2D eigenvalue weighted by molar-refractivity contribution is 5.91. The number of benzene rings is 1. The number of piperidine rings is 1. The third-order valence-corrected chi connectivity index (χ3v) is 5.10. The Bertz CT molecular complexity index is 839. The molecule has 0 saturated carbocycles. The second-order valence-corrected chi connectivity index (χ2v) is 9.08. The van der Waals surface area contributed by atoms with Crippen molar-refractivity contribution < 1.29 is 19.1 Å². The zero-order valence-corrected chi connectivity index (χ0v) is 18.9. The van der Waals surface area contributed by atoms with E-state index in [0.717, 1.165) is 12.0 Å². The molecule has 31 heavy (non-hydrogen) atoms. The highest BCUT2D eigenvalue weighted by Gasteiger charge is 2.37. The molecule has 8 nitrogen and oxygen atoms in total. The second-order valence-electron chi connectivity index (χ2n) is 9.08. The summed E-state index contributed by atoms with van der Waals surface area (Å²) in [7, 11) is 0. The van der Waals surface area contributed by atoms with E-state index in [2.05, 4.69) is 10.6 Å². The summed E-state index contributed by atoms with van der Waals surface area (Å²) in [6.45, 7) is 9.73. The van der Waals surface area contributed by atoms with E-state index in [1.165, 1.54) is 4.90 Å². The highest BCUT2D eigenvalue weighted by atomic mass is 16.6. The van der Waals surface area contributed by atoms with Crippen molar-refractivity contribution in [2.45, 2.75) is 71.7 Å². The van der Waals surface area contributed by atoms with E-state index >= 15 is 0 Å². The summed E-state index contributed by atoms with van der Waals surface area (Å²) in [5.74, 6) is -0.404. The first-order valence-corrected chi connectivity index (χ1v) is 10.6. The molecule has 1 heterocycles. The van der Waals surface area contributed by atoms with E-state index in [-0.39, 0.29) is 24.3 Å². The Morgan fingerprint density at radius 1 is 1.26 bits per heavy atom. The van der Waals surface area contributed by atoms with E-state index < -0.39 is 23.8 Å². The Morgan fingerprint density at radius 2 is 1.90 bits per heavy atom. The highest BCUT2D eigenvalue weighted by Crippen LogP contribution is 2.25. The molecule has 1 aromatic rings. The van der Waals surface area contributed by atoms with Crippen LogP contribution in [-0.2, 0) is 20.9 Å². The van der Waals surface area contributed by atoms with Crippen molar-refractivity contribution in [1.82, 2.24) is 15.5 Å². The fraction of sp³-hybridized carbons (Fsp3) is 0.565. The minimum atomic E-state index is -0.761. The maximum atomic E-state index is 12.9. The number of nitrogens with one attached hydrogen (secondary N) is 2. The molecule has 0 spiro atoms. The summed E-state index contributed by atoms with van der Waals surface area (Å²) in [4.78, 5) is 39.4. The smallest absolute Gasteiger partial charge is 0.410 e. The van der Waals surface area contributed by atoms with Gasteiger partial charge in [0.1, 0.15) is 17.7 Å². The average molecular weight is 429 g/mol. The molecule has 0 unspecified atom stereocenters. The molecule has 8 heteroatoms. The van der Waals surface area contributed by atoms with Crippen LogP contribution < -0.4 is 10.6 Å². The quantitative estimate of drug-likeness (QED) is 0.749. The monoisotopic (exact) mass is 428 g/mol. The van der Waals surface area contributed by atoms with Gasteiger partial charge in [-0.25, -0.2) is 4.79 Å². The molecular weight excluding hydrogens is 396 g/mol. The molecule has 3 atom stereocenters. The summed E-state index contributed by atoms with van der Waals surface area (Å²) in [6, 6.07) is 7.51. The molecule has 1 aliphatic heterocycles. The van der Waals surface area contributed by atoms with Crippen LogP contribution in [0.1, 0.15) is 58.6 Å². The molecule has 1 fully saturated rings. The van der Waals surface area contributed by atoms with E-state index in [1.807, 2.05) is 13.0 Å². The Morgan fingerprint density at radius 3 is 2.48 bits per heavy atom. The van der Waals surface area contributed by atoms with Crippen LogP contribution in [0.3, 0.4) is 0 Å². The van der Waals surface area contributed by atoms with E-state index in [4.69, 9.17) is 10.00 Å². The topological polar surface area (TPSA) is 112 Å². The molecule has 2 N–H and O–H groups in total. The first-order chi connectivity index (χ1) is 14.5. The predicted molar refractivity (Wildman–Crippen MR) is 116 cm³/mol. The van der Waals surface area contributed by atoms with E-state index in [1.54, 1.807) is 52.0 Å². The lowest BCUT2D eigenvalue weighted by Crippen LogP contribution is -2.57. The van der Waals surface area contributed by atoms with Crippen LogP contribution in [0.4, 0.5) is 4.79 Å². The molecule has 0 radical (unpaired) electrons. The predicted octanol–water partition coefficient (Wildman–Crippen LogP) is 2.71. The summed E-state index contributed by atoms with van der Waals surface area (Å²) < 4.78 is 5.46. The van der Waals surface area contributed by atoms with Crippen molar-refractivity contribution in [1.29, 1.82) is 5.26 Å². The number of rotatable bonds is 5. The zero-order valence-electron chi connectivity index (χ0n) is 18.9. The molecule has 1 aliphatic rings. The van der Waals surface area contributed by atoms with Crippen molar-refractivity contribution in [2.24, 2.45) is 5.92 Å². The van der Waals surface area contributed by atoms with Crippen LogP contribution in [-0.4, -0.2) is 47.0 Å². The molecule has 0 bridgehead atoms. The van der Waals surface area contributed by atoms with Crippen LogP contribution >= 0.6 is 0 Å². The fourth-order valence-corrected chi connectivity index (χ4v) is 3.34. The van der Waals surface area contributed by atoms with E-state index in [0.29, 0.717) is 18.5 Å². The largest absolute Gasteiger partial charge is 0.444 e. The van der Waals surface area contributed by atoms with Gasteiger partial charge in [-0.2, -0.15) is 5.26 Å². The second kappa shape index (κ2) is 10.3. The minimum absolute atomic E-state index is 0.287. The maximum Gasteiger partial charge on any atom is 0.410 e. The Balaban J connectivity index is 1.95. The normalized spacial score (nSPS) is 19.7. The number of ether oxygens (including phenoxy) is 1. The fourth-order valence-electron chi connectivity index (χ4n) is 3.34. The summed E-state index contributed by atoms with van der Waals surface area (Å²) >= 11 is 0. The van der Waals surface area contributed by atoms with Crippen molar-refractivity contribution in [2.75, 3.05) is 6.54 Å². The number of hydrogen-bond acceptors (Lipinski definition) is 5. The number of likely N-dealkylation sites (tertiary alicyclic amines) is 1. The van der Waals surface area contributed by atoms with Gasteiger partial charge in [-0.05, 0) is 64.2 Å². The van der Waals surface area contributed by atoms with Crippen molar-refractivity contribution in [3.8, 4) is 6.07 Å². The van der Waals surface area contributed by atoms with Gasteiger partial charge in [-0.3, -0.25) is 14.5 Å². The zero-order chi connectivity index (χ0) is 23.2. The number of carbonyl (C=O) groups excluding carboxylic acids is 3. The van der Waals surface area contributed by atoms with E-state index in [9.17, 15) is 14.4 Å². The molecule has 168 valence electrons. The lowest BCUT2D eigenvalue weighted by atomic mass is 9.92. The van der Waals surface area contributed by atoms with Crippen LogP contribution in [0.2, 0.25) is 0 Å². The Hall–Kier alpha value is -3.08. The average Bonchev–Trinajstić information content (AvgIpc) is 2.70. The van der Waals surface area contributed by atoms with Crippen molar-refractivity contribution >= 4 is 17.9 Å². The summed E-state index contributed by atoms with van der Waals surface area (Å²) in [5, 5.41) is 14.3. The lowest BCUT2D eigenvalue weighted by Gasteiger charge is -2.38. The van der Waals surface area contributed by atoms with Gasteiger partial charge in [-0.1, -0.05) is 19.1 Å². The van der Waals surface area contributed by atoms with Crippen molar-refractivity contribution in [3.63, 3.8) is 0 Å². The van der Waals surface area contributed by atoms with Crippen LogP contribution in [0, 0.1) is 17.2 Å². The summed E-state index contributed by atoms with van der Waals surface area (Å²) in [5.41, 5.74) is 0.745. The van der Waals surface area contributed by atoms with Gasteiger partial charge in [-0.15, -0.1) is 0 Å². The van der Waals surface area contributed by atoms with Gasteiger partial charge in [0.15, 0.2) is 0 Å². The number of nitrogens with zero attached hydrogens (tertiary/aromatic N) is 2. The molecule has 1 saturated heterocycles. The van der Waals surface area contributed by atoms with Crippen LogP contribution in [0.15, 0.2) is 24.3 Å². The van der Waals surface area contributed by atoms with Gasteiger partial charge in [0.05, 0.1) is 11.6 Å². The first-order valence-electron chi connectivity index (χ1n) is 10.6. The number of amides is 3. The Labute approximate surface area is 183 Å². The number of carbonyl (C=O) groups is 3. The first kappa shape index (κ1) is 24.2. The third-order valence-electron chi connectivity index (χ3n) is 5.10. The van der Waals surface area contributed by atoms with Gasteiger partial charge >= 0.3 is 6.09 Å². The number of nitriles is 1. The number of hydrogen-bond donors (Lipinski definition) is 2. The standard InChI is InChI=1S/C23H32N4O4/c1-15-10-11-27(22(30)31-23(3,4)5)19(12-15)21(29)26-16(2)20(28)25-14-18-8-6-17(13-24)7-9-18/h6-9,15-16,19H,10-12,14H2,1-5H3,(H,25,28)(H,26,29)/t15-,16-,19+/m0/s1. The maximum absolute atomic E-state index is 12.9. The SMILES string of the molecule is C[C@H]1CCN(C(=O)OC(C)(C)C)[C@@H](C(=O)N[C@@H](C)C(=O)NCc2ccc(C#N)cc2)C1. The molecule has 0 aliphatic carbocycles. The molecule has 0 aromatic heterocycles. The lowest BCUT2D eigenvalue weighted by molar-refractivity contribution is -0.132. The Kier molecular flexibility index (Phi) is 8.03. The minimum Gasteiger partial charge on any atom is -0.444 e. The van der Waals surface area contributed by atoms with Gasteiger partial charge in [0.25, 0.3) is 0 Å². The molecule has 3 amide bonds. The van der Waals surface area contributed by atoms with Crippen LogP contribution in [0.5, 0.6) is 0 Å². The van der Waals surface area contributed by atoms with Crippen LogP contribution in [0.25, 0.3) is 0 Å².